The van der Waals surface area contributed by atoms with Gasteiger partial charge in [-0.1, -0.05) is 12.1 Å². The van der Waals surface area contributed by atoms with Gasteiger partial charge in [-0.25, -0.2) is 9.37 Å². The van der Waals surface area contributed by atoms with Crippen LogP contribution in [0.4, 0.5) is 10.2 Å². The molecule has 0 radical (unpaired) electrons. The first kappa shape index (κ1) is 12.5. The lowest BCUT2D eigenvalue weighted by Gasteiger charge is -2.14. The van der Waals surface area contributed by atoms with E-state index in [9.17, 15) is 9.50 Å². The van der Waals surface area contributed by atoms with Crippen molar-refractivity contribution in [3.63, 3.8) is 0 Å². The second-order valence-corrected chi connectivity index (χ2v) is 4.40. The van der Waals surface area contributed by atoms with Gasteiger partial charge in [-0.2, -0.15) is 0 Å². The van der Waals surface area contributed by atoms with Crippen molar-refractivity contribution in [3.8, 4) is 0 Å². The van der Waals surface area contributed by atoms with Gasteiger partial charge in [0.15, 0.2) is 0 Å². The Morgan fingerprint density at radius 3 is 2.67 bits per heavy atom. The summed E-state index contributed by atoms with van der Waals surface area (Å²) in [6.07, 6.45) is 0.748. The van der Waals surface area contributed by atoms with Gasteiger partial charge < -0.3 is 10.8 Å². The van der Waals surface area contributed by atoms with Crippen LogP contribution in [-0.4, -0.2) is 10.1 Å². The summed E-state index contributed by atoms with van der Waals surface area (Å²) in [7, 11) is 0. The fraction of sp³-hybridized carbons (Fsp3) is 0.214. The average Bonchev–Trinajstić information content (AvgIpc) is 2.35. The minimum absolute atomic E-state index is 0.287. The van der Waals surface area contributed by atoms with E-state index in [1.54, 1.807) is 31.3 Å². The molecule has 1 atom stereocenters. The second-order valence-electron chi connectivity index (χ2n) is 4.40. The number of pyridine rings is 1. The first-order valence-corrected chi connectivity index (χ1v) is 5.65. The number of anilines is 1. The van der Waals surface area contributed by atoms with Crippen molar-refractivity contribution >= 4 is 5.82 Å². The van der Waals surface area contributed by atoms with Crippen LogP contribution in [0, 0.1) is 19.7 Å². The van der Waals surface area contributed by atoms with Crippen molar-refractivity contribution in [2.75, 3.05) is 5.73 Å². The zero-order valence-corrected chi connectivity index (χ0v) is 10.3. The molecule has 0 bridgehead atoms. The molecule has 0 saturated heterocycles. The molecule has 1 unspecified atom stereocenters. The maximum Gasteiger partial charge on any atom is 0.129 e. The highest BCUT2D eigenvalue weighted by Crippen LogP contribution is 2.27. The molecule has 1 aromatic carbocycles. The molecule has 0 amide bonds. The second kappa shape index (κ2) is 4.74. The third-order valence-electron chi connectivity index (χ3n) is 2.88. The monoisotopic (exact) mass is 246 g/mol. The largest absolute Gasteiger partial charge is 0.384 e. The van der Waals surface area contributed by atoms with Gasteiger partial charge in [-0.15, -0.1) is 0 Å². The van der Waals surface area contributed by atoms with Crippen molar-refractivity contribution in [1.82, 2.24) is 4.98 Å². The topological polar surface area (TPSA) is 59.1 Å². The number of benzene rings is 1. The van der Waals surface area contributed by atoms with Crippen molar-refractivity contribution in [2.45, 2.75) is 20.0 Å². The Balaban J connectivity index is 2.44. The molecule has 0 aliphatic rings. The molecule has 1 heterocycles. The number of hydrogen-bond donors (Lipinski definition) is 2. The highest BCUT2D eigenvalue weighted by Gasteiger charge is 2.15. The average molecular weight is 246 g/mol. The number of halogens is 1. The number of nitrogen functional groups attached to an aromatic ring is 1. The molecule has 1 aromatic heterocycles. The van der Waals surface area contributed by atoms with Gasteiger partial charge in [0.1, 0.15) is 17.7 Å². The summed E-state index contributed by atoms with van der Waals surface area (Å²) in [5.74, 6) is -0.00336. The molecule has 0 aliphatic heterocycles. The number of hydrogen-bond acceptors (Lipinski definition) is 3. The Morgan fingerprint density at radius 1 is 1.28 bits per heavy atom. The summed E-state index contributed by atoms with van der Waals surface area (Å²) in [6.45, 7) is 3.53. The number of aliphatic hydroxyl groups excluding tert-OH is 1. The van der Waals surface area contributed by atoms with Gasteiger partial charge in [-0.05, 0) is 42.7 Å². The lowest BCUT2D eigenvalue weighted by molar-refractivity contribution is 0.220. The molecule has 2 rings (SSSR count). The van der Waals surface area contributed by atoms with Crippen LogP contribution < -0.4 is 5.73 Å². The third-order valence-corrected chi connectivity index (χ3v) is 2.88. The lowest BCUT2D eigenvalue weighted by atomic mass is 9.99. The molecule has 3 N–H and O–H groups in total. The van der Waals surface area contributed by atoms with Crippen molar-refractivity contribution in [1.29, 1.82) is 0 Å². The third kappa shape index (κ3) is 2.33. The number of aromatic nitrogens is 1. The van der Waals surface area contributed by atoms with Crippen LogP contribution in [-0.2, 0) is 0 Å². The normalized spacial score (nSPS) is 12.4. The van der Waals surface area contributed by atoms with Crippen LogP contribution in [0.15, 0.2) is 30.5 Å². The summed E-state index contributed by atoms with van der Waals surface area (Å²) >= 11 is 0. The van der Waals surface area contributed by atoms with Crippen LogP contribution >= 0.6 is 0 Å². The Labute approximate surface area is 105 Å². The molecule has 0 saturated carbocycles. The van der Waals surface area contributed by atoms with E-state index in [0.29, 0.717) is 16.7 Å². The molecular weight excluding hydrogens is 231 g/mol. The van der Waals surface area contributed by atoms with E-state index < -0.39 is 6.10 Å². The van der Waals surface area contributed by atoms with Crippen LogP contribution in [0.3, 0.4) is 0 Å². The summed E-state index contributed by atoms with van der Waals surface area (Å²) in [4.78, 5) is 4.01. The predicted octanol–water partition coefficient (Wildman–Crippen LogP) is 2.50. The summed E-state index contributed by atoms with van der Waals surface area (Å²) in [5, 5.41) is 10.3. The van der Waals surface area contributed by atoms with Gasteiger partial charge in [0.2, 0.25) is 0 Å². The van der Waals surface area contributed by atoms with Crippen LogP contribution in [0.5, 0.6) is 0 Å². The standard InChI is InChI=1S/C14H15FN2O/c1-8-5-11(14(16)17-7-8)13(18)10-3-4-12(15)9(2)6-10/h3-7,13,18H,1-2H3,(H2,16,17). The molecular formula is C14H15FN2O. The van der Waals surface area contributed by atoms with Crippen LogP contribution in [0.2, 0.25) is 0 Å². The summed E-state index contributed by atoms with van der Waals surface area (Å²) in [5.41, 5.74) is 8.30. The molecule has 0 fully saturated rings. The number of aryl methyl sites for hydroxylation is 2. The quantitative estimate of drug-likeness (QED) is 0.856. The van der Waals surface area contributed by atoms with E-state index >= 15 is 0 Å². The molecule has 3 nitrogen and oxygen atoms in total. The molecule has 2 aromatic rings. The molecule has 4 heteroatoms. The van der Waals surface area contributed by atoms with Gasteiger partial charge in [0, 0.05) is 11.8 Å². The number of aliphatic hydroxyl groups is 1. The van der Waals surface area contributed by atoms with Crippen molar-refractivity contribution in [3.05, 3.63) is 58.5 Å². The minimum atomic E-state index is -0.892. The van der Waals surface area contributed by atoms with Crippen molar-refractivity contribution in [2.24, 2.45) is 0 Å². The summed E-state index contributed by atoms with van der Waals surface area (Å²) < 4.78 is 13.2. The Bertz CT molecular complexity index is 584. The SMILES string of the molecule is Cc1cnc(N)c(C(O)c2ccc(F)c(C)c2)c1. The number of nitrogens with two attached hydrogens (primary N) is 1. The van der Waals surface area contributed by atoms with E-state index in [1.807, 2.05) is 6.92 Å². The maximum absolute atomic E-state index is 13.2. The minimum Gasteiger partial charge on any atom is -0.384 e. The summed E-state index contributed by atoms with van der Waals surface area (Å²) in [6, 6.07) is 6.29. The predicted molar refractivity (Wildman–Crippen MR) is 68.6 cm³/mol. The van der Waals surface area contributed by atoms with Gasteiger partial charge in [0.05, 0.1) is 0 Å². The fourth-order valence-corrected chi connectivity index (χ4v) is 1.84. The van der Waals surface area contributed by atoms with Crippen LogP contribution in [0.25, 0.3) is 0 Å². The van der Waals surface area contributed by atoms with E-state index in [2.05, 4.69) is 4.98 Å². The smallest absolute Gasteiger partial charge is 0.129 e. The fourth-order valence-electron chi connectivity index (χ4n) is 1.84. The first-order chi connectivity index (χ1) is 8.49. The van der Waals surface area contributed by atoms with E-state index in [4.69, 9.17) is 5.73 Å². The molecule has 18 heavy (non-hydrogen) atoms. The number of rotatable bonds is 2. The van der Waals surface area contributed by atoms with Gasteiger partial charge in [0.25, 0.3) is 0 Å². The van der Waals surface area contributed by atoms with Crippen LogP contribution in [0.1, 0.15) is 28.4 Å². The molecule has 0 aliphatic carbocycles. The highest BCUT2D eigenvalue weighted by molar-refractivity contribution is 5.46. The maximum atomic E-state index is 13.2. The highest BCUT2D eigenvalue weighted by atomic mass is 19.1. The van der Waals surface area contributed by atoms with E-state index in [0.717, 1.165) is 5.56 Å². The number of nitrogens with zero attached hydrogens (tertiary/aromatic N) is 1. The zero-order chi connectivity index (χ0) is 13.3. The first-order valence-electron chi connectivity index (χ1n) is 5.65. The lowest BCUT2D eigenvalue weighted by Crippen LogP contribution is -2.06. The van der Waals surface area contributed by atoms with Crippen molar-refractivity contribution < 1.29 is 9.50 Å². The van der Waals surface area contributed by atoms with E-state index in [1.165, 1.54) is 6.07 Å². The van der Waals surface area contributed by atoms with Gasteiger partial charge >= 0.3 is 0 Å². The Hall–Kier alpha value is -1.94. The van der Waals surface area contributed by atoms with Gasteiger partial charge in [-0.3, -0.25) is 0 Å². The Kier molecular flexibility index (Phi) is 3.30. The molecule has 94 valence electrons. The zero-order valence-electron chi connectivity index (χ0n) is 10.3. The van der Waals surface area contributed by atoms with E-state index in [-0.39, 0.29) is 11.6 Å². The molecule has 0 spiro atoms. The Morgan fingerprint density at radius 2 is 2.00 bits per heavy atom.